The van der Waals surface area contributed by atoms with Crippen LogP contribution in [0.25, 0.3) is 0 Å². The van der Waals surface area contributed by atoms with E-state index in [2.05, 4.69) is 5.32 Å². The van der Waals surface area contributed by atoms with Gasteiger partial charge in [0.05, 0.1) is 6.54 Å². The van der Waals surface area contributed by atoms with E-state index in [1.807, 2.05) is 24.3 Å². The monoisotopic (exact) mass is 300 g/mol. The van der Waals surface area contributed by atoms with Gasteiger partial charge in [-0.25, -0.2) is 4.79 Å². The van der Waals surface area contributed by atoms with Crippen LogP contribution in [0.3, 0.4) is 0 Å². The van der Waals surface area contributed by atoms with Gasteiger partial charge in [0, 0.05) is 17.3 Å². The number of ether oxygens (including phenoxy) is 1. The Labute approximate surface area is 129 Å². The molecule has 0 aromatic heterocycles. The summed E-state index contributed by atoms with van der Waals surface area (Å²) in [5.41, 5.74) is 1.53. The van der Waals surface area contributed by atoms with E-state index < -0.39 is 0 Å². The second kappa shape index (κ2) is 5.30. The van der Waals surface area contributed by atoms with Crippen molar-refractivity contribution in [3.8, 4) is 0 Å². The Bertz CT molecular complexity index is 616. The topological polar surface area (TPSA) is 58.6 Å². The van der Waals surface area contributed by atoms with Crippen LogP contribution in [0.4, 0.5) is 16.2 Å². The second-order valence-electron chi connectivity index (χ2n) is 6.59. The van der Waals surface area contributed by atoms with Gasteiger partial charge < -0.3 is 10.1 Å². The molecule has 0 unspecified atom stereocenters. The molecule has 1 aliphatic heterocycles. The molecule has 3 fully saturated rings. The molecular weight excluding hydrogens is 280 g/mol. The predicted molar refractivity (Wildman–Crippen MR) is 82.7 cm³/mol. The zero-order valence-corrected chi connectivity index (χ0v) is 12.5. The van der Waals surface area contributed by atoms with Crippen LogP contribution in [0.1, 0.15) is 25.7 Å². The summed E-state index contributed by atoms with van der Waals surface area (Å²) in [6, 6.07) is 7.44. The predicted octanol–water partition coefficient (Wildman–Crippen LogP) is 3.02. The largest absolute Gasteiger partial charge is 0.447 e. The first-order valence-corrected chi connectivity index (χ1v) is 8.06. The Morgan fingerprint density at radius 3 is 2.86 bits per heavy atom. The summed E-state index contributed by atoms with van der Waals surface area (Å²) in [4.78, 5) is 25.7. The average molecular weight is 300 g/mol. The van der Waals surface area contributed by atoms with Gasteiger partial charge in [-0.2, -0.15) is 0 Å². The first-order chi connectivity index (χ1) is 10.7. The molecule has 22 heavy (non-hydrogen) atoms. The minimum absolute atomic E-state index is 0.133. The lowest BCUT2D eigenvalue weighted by atomic mass is 9.88. The molecule has 5 nitrogen and oxygen atoms in total. The Kier molecular flexibility index (Phi) is 3.28. The number of amides is 2. The summed E-state index contributed by atoms with van der Waals surface area (Å²) >= 11 is 0. The van der Waals surface area contributed by atoms with E-state index in [4.69, 9.17) is 4.74 Å². The van der Waals surface area contributed by atoms with E-state index in [1.165, 1.54) is 19.3 Å². The molecule has 3 aliphatic rings. The summed E-state index contributed by atoms with van der Waals surface area (Å²) in [5, 5.41) is 3.03. The molecule has 3 atom stereocenters. The smallest absolute Gasteiger partial charge is 0.414 e. The molecule has 2 saturated carbocycles. The first kappa shape index (κ1) is 13.6. The van der Waals surface area contributed by atoms with E-state index in [0.717, 1.165) is 23.7 Å². The SMILES string of the molecule is O=C(Nc1cccc(N2CCOC2=O)c1)[C@@H]1C[C@H]2CC[C@H]1C2. The highest BCUT2D eigenvalue weighted by Crippen LogP contribution is 2.48. The number of hydrogen-bond acceptors (Lipinski definition) is 3. The minimum Gasteiger partial charge on any atom is -0.447 e. The molecule has 1 N–H and O–H groups in total. The maximum absolute atomic E-state index is 12.5. The number of rotatable bonds is 3. The van der Waals surface area contributed by atoms with E-state index in [9.17, 15) is 9.59 Å². The maximum atomic E-state index is 12.5. The third-order valence-corrected chi connectivity index (χ3v) is 5.26. The molecule has 1 saturated heterocycles. The highest BCUT2D eigenvalue weighted by molar-refractivity contribution is 5.95. The van der Waals surface area contributed by atoms with Crippen LogP contribution >= 0.6 is 0 Å². The van der Waals surface area contributed by atoms with Crippen molar-refractivity contribution in [3.63, 3.8) is 0 Å². The van der Waals surface area contributed by atoms with E-state index in [1.54, 1.807) is 4.90 Å². The van der Waals surface area contributed by atoms with Gasteiger partial charge in [0.1, 0.15) is 6.61 Å². The quantitative estimate of drug-likeness (QED) is 0.933. The second-order valence-corrected chi connectivity index (χ2v) is 6.59. The van der Waals surface area contributed by atoms with Crippen molar-refractivity contribution in [2.24, 2.45) is 17.8 Å². The number of hydrogen-bond donors (Lipinski definition) is 1. The molecule has 0 radical (unpaired) electrons. The van der Waals surface area contributed by atoms with E-state index in [-0.39, 0.29) is 17.9 Å². The normalized spacial score (nSPS) is 29.7. The average Bonchev–Trinajstić information content (AvgIpc) is 3.23. The fourth-order valence-corrected chi connectivity index (χ4v) is 4.18. The summed E-state index contributed by atoms with van der Waals surface area (Å²) in [6.45, 7) is 0.975. The molecular formula is C17H20N2O3. The molecule has 1 aromatic carbocycles. The number of carbonyl (C=O) groups excluding carboxylic acids is 2. The molecule has 2 amide bonds. The van der Waals surface area contributed by atoms with Crippen LogP contribution in [-0.2, 0) is 9.53 Å². The van der Waals surface area contributed by atoms with Crippen molar-refractivity contribution in [2.45, 2.75) is 25.7 Å². The number of fused-ring (bicyclic) bond motifs is 2. The fourth-order valence-electron chi connectivity index (χ4n) is 4.18. The number of benzene rings is 1. The lowest BCUT2D eigenvalue weighted by Gasteiger charge is -2.21. The van der Waals surface area contributed by atoms with Crippen LogP contribution in [0.5, 0.6) is 0 Å². The first-order valence-electron chi connectivity index (χ1n) is 8.06. The Balaban J connectivity index is 1.46. The highest BCUT2D eigenvalue weighted by Gasteiger charge is 2.43. The van der Waals surface area contributed by atoms with Gasteiger partial charge in [0.25, 0.3) is 0 Å². The zero-order valence-electron chi connectivity index (χ0n) is 12.5. The maximum Gasteiger partial charge on any atom is 0.414 e. The molecule has 4 rings (SSSR count). The van der Waals surface area contributed by atoms with Crippen molar-refractivity contribution in [1.82, 2.24) is 0 Å². The van der Waals surface area contributed by atoms with Crippen LogP contribution in [-0.4, -0.2) is 25.2 Å². The van der Waals surface area contributed by atoms with Gasteiger partial charge >= 0.3 is 6.09 Å². The van der Waals surface area contributed by atoms with Crippen LogP contribution in [0.2, 0.25) is 0 Å². The van der Waals surface area contributed by atoms with Gasteiger partial charge in [0.2, 0.25) is 5.91 Å². The van der Waals surface area contributed by atoms with Crippen LogP contribution < -0.4 is 10.2 Å². The van der Waals surface area contributed by atoms with Gasteiger partial charge in [-0.15, -0.1) is 0 Å². The third-order valence-electron chi connectivity index (χ3n) is 5.26. The number of cyclic esters (lactones) is 1. The fraction of sp³-hybridized carbons (Fsp3) is 0.529. The van der Waals surface area contributed by atoms with Gasteiger partial charge in [-0.3, -0.25) is 9.69 Å². The molecule has 2 bridgehead atoms. The zero-order chi connectivity index (χ0) is 15.1. The molecule has 5 heteroatoms. The molecule has 116 valence electrons. The van der Waals surface area contributed by atoms with Gasteiger partial charge in [0.15, 0.2) is 0 Å². The van der Waals surface area contributed by atoms with Crippen LogP contribution in [0.15, 0.2) is 24.3 Å². The van der Waals surface area contributed by atoms with E-state index >= 15 is 0 Å². The Hall–Kier alpha value is -2.04. The van der Waals surface area contributed by atoms with Crippen molar-refractivity contribution < 1.29 is 14.3 Å². The molecule has 1 aromatic rings. The standard InChI is InChI=1S/C17H20N2O3/c20-16(15-9-11-4-5-12(15)8-11)18-13-2-1-3-14(10-13)19-6-7-22-17(19)21/h1-3,10-12,15H,4-9H2,(H,18,20)/t11-,12-,15+/m0/s1. The Morgan fingerprint density at radius 1 is 1.27 bits per heavy atom. The number of nitrogens with zero attached hydrogens (tertiary/aromatic N) is 1. The molecule has 0 spiro atoms. The summed E-state index contributed by atoms with van der Waals surface area (Å²) in [7, 11) is 0. The third kappa shape index (κ3) is 2.34. The molecule has 2 aliphatic carbocycles. The van der Waals surface area contributed by atoms with Gasteiger partial charge in [-0.1, -0.05) is 12.5 Å². The summed E-state index contributed by atoms with van der Waals surface area (Å²) in [5.74, 6) is 1.63. The van der Waals surface area contributed by atoms with Crippen molar-refractivity contribution in [3.05, 3.63) is 24.3 Å². The number of nitrogens with one attached hydrogen (secondary N) is 1. The minimum atomic E-state index is -0.323. The van der Waals surface area contributed by atoms with Gasteiger partial charge in [-0.05, 0) is 49.3 Å². The van der Waals surface area contributed by atoms with Crippen LogP contribution in [0, 0.1) is 17.8 Å². The lowest BCUT2D eigenvalue weighted by molar-refractivity contribution is -0.121. The van der Waals surface area contributed by atoms with Crippen molar-refractivity contribution >= 4 is 23.4 Å². The summed E-state index contributed by atoms with van der Waals surface area (Å²) < 4.78 is 4.96. The lowest BCUT2D eigenvalue weighted by Crippen LogP contribution is -2.27. The highest BCUT2D eigenvalue weighted by atomic mass is 16.6. The number of carbonyl (C=O) groups is 2. The van der Waals surface area contributed by atoms with Crippen molar-refractivity contribution in [1.29, 1.82) is 0 Å². The number of anilines is 2. The summed E-state index contributed by atoms with van der Waals surface area (Å²) in [6.07, 6.45) is 4.42. The van der Waals surface area contributed by atoms with Crippen molar-refractivity contribution in [2.75, 3.05) is 23.4 Å². The Morgan fingerprint density at radius 2 is 2.18 bits per heavy atom. The molecule has 1 heterocycles. The van der Waals surface area contributed by atoms with E-state index in [0.29, 0.717) is 19.1 Å².